The third kappa shape index (κ3) is 4.60. The molecule has 0 atom stereocenters. The molecule has 0 amide bonds. The number of aromatic amines is 1. The van der Waals surface area contributed by atoms with E-state index >= 15 is 0 Å². The standard InChI is InChI=1S/C24H23FN2O4S/c1-24(2)14-31-22-19(20-12-17(25)13-26-23(20)28)10-16(11-21(22)24)5-4-15-6-8-18(9-7-15)27-32(3,29)30/h4-13,27H,14H2,1-3H3,(H,26,28). The number of anilines is 1. The number of H-pyrrole nitrogens is 1. The number of sulfonamides is 1. The summed E-state index contributed by atoms with van der Waals surface area (Å²) in [7, 11) is -3.33. The maximum absolute atomic E-state index is 13.9. The molecule has 0 fully saturated rings. The molecule has 0 saturated carbocycles. The van der Waals surface area contributed by atoms with Crippen LogP contribution < -0.4 is 15.0 Å². The van der Waals surface area contributed by atoms with Gasteiger partial charge in [-0.05, 0) is 41.5 Å². The van der Waals surface area contributed by atoms with Crippen LogP contribution in [0.5, 0.6) is 5.75 Å². The molecule has 0 aliphatic carbocycles. The van der Waals surface area contributed by atoms with Gasteiger partial charge in [0.15, 0.2) is 0 Å². The predicted molar refractivity (Wildman–Crippen MR) is 125 cm³/mol. The van der Waals surface area contributed by atoms with Crippen molar-refractivity contribution in [2.24, 2.45) is 0 Å². The highest BCUT2D eigenvalue weighted by Crippen LogP contribution is 2.45. The molecule has 1 aromatic heterocycles. The van der Waals surface area contributed by atoms with Gasteiger partial charge < -0.3 is 9.72 Å². The molecule has 0 radical (unpaired) electrons. The molecule has 0 saturated heterocycles. The molecule has 6 nitrogen and oxygen atoms in total. The Morgan fingerprint density at radius 1 is 1.06 bits per heavy atom. The van der Waals surface area contributed by atoms with Gasteiger partial charge in [0.1, 0.15) is 11.6 Å². The largest absolute Gasteiger partial charge is 0.492 e. The third-order valence-electron chi connectivity index (χ3n) is 5.26. The van der Waals surface area contributed by atoms with Gasteiger partial charge in [0, 0.05) is 28.4 Å². The fourth-order valence-electron chi connectivity index (χ4n) is 3.66. The first-order valence-electron chi connectivity index (χ1n) is 9.98. The molecule has 1 aliphatic heterocycles. The molecular weight excluding hydrogens is 431 g/mol. The number of aromatic nitrogens is 1. The van der Waals surface area contributed by atoms with Crippen molar-refractivity contribution in [3.05, 3.63) is 81.5 Å². The van der Waals surface area contributed by atoms with Crippen LogP contribution in [0, 0.1) is 5.82 Å². The lowest BCUT2D eigenvalue weighted by Crippen LogP contribution is -2.18. The van der Waals surface area contributed by atoms with Gasteiger partial charge in [-0.15, -0.1) is 0 Å². The zero-order valence-corrected chi connectivity index (χ0v) is 18.7. The second kappa shape index (κ2) is 7.94. The van der Waals surface area contributed by atoms with Crippen molar-refractivity contribution in [2.45, 2.75) is 19.3 Å². The van der Waals surface area contributed by atoms with Gasteiger partial charge in [0.2, 0.25) is 10.0 Å². The summed E-state index contributed by atoms with van der Waals surface area (Å²) < 4.78 is 44.9. The first kappa shape index (κ1) is 21.8. The molecule has 2 heterocycles. The van der Waals surface area contributed by atoms with Gasteiger partial charge >= 0.3 is 0 Å². The Morgan fingerprint density at radius 2 is 1.75 bits per heavy atom. The molecule has 166 valence electrons. The van der Waals surface area contributed by atoms with Crippen LogP contribution in [0.2, 0.25) is 0 Å². The lowest BCUT2D eigenvalue weighted by Gasteiger charge is -2.16. The number of nitrogens with one attached hydrogen (secondary N) is 2. The SMILES string of the molecule is CC1(C)COc2c(-c3cc(F)c[nH]c3=O)cc(C=Cc3ccc(NS(C)(=O)=O)cc3)cc21. The first-order valence-corrected chi connectivity index (χ1v) is 11.9. The second-order valence-electron chi connectivity index (χ2n) is 8.51. The van der Waals surface area contributed by atoms with Crippen molar-refractivity contribution in [2.75, 3.05) is 17.6 Å². The minimum Gasteiger partial charge on any atom is -0.492 e. The number of rotatable bonds is 5. The Balaban J connectivity index is 1.74. The molecule has 1 aliphatic rings. The van der Waals surface area contributed by atoms with Crippen molar-refractivity contribution in [1.29, 1.82) is 0 Å². The number of pyridine rings is 1. The fraction of sp³-hybridized carbons (Fsp3) is 0.208. The average molecular weight is 455 g/mol. The van der Waals surface area contributed by atoms with Gasteiger partial charge in [0.25, 0.3) is 5.56 Å². The van der Waals surface area contributed by atoms with Crippen molar-refractivity contribution in [3.63, 3.8) is 0 Å². The van der Waals surface area contributed by atoms with E-state index in [9.17, 15) is 17.6 Å². The van der Waals surface area contributed by atoms with Gasteiger partial charge in [-0.3, -0.25) is 9.52 Å². The lowest BCUT2D eigenvalue weighted by atomic mass is 9.84. The number of hydrogen-bond donors (Lipinski definition) is 2. The Bertz CT molecular complexity index is 1370. The van der Waals surface area contributed by atoms with Crippen LogP contribution in [0.4, 0.5) is 10.1 Å². The van der Waals surface area contributed by atoms with Crippen molar-refractivity contribution in [1.82, 2.24) is 4.98 Å². The summed E-state index contributed by atoms with van der Waals surface area (Å²) in [6.45, 7) is 4.57. The number of benzene rings is 2. The predicted octanol–water partition coefficient (Wildman–Crippen LogP) is 4.39. The van der Waals surface area contributed by atoms with Crippen LogP contribution in [-0.2, 0) is 15.4 Å². The third-order valence-corrected chi connectivity index (χ3v) is 5.86. The van der Waals surface area contributed by atoms with Gasteiger partial charge in [0.05, 0.1) is 18.4 Å². The first-order chi connectivity index (χ1) is 15.0. The maximum atomic E-state index is 13.9. The normalized spacial score (nSPS) is 14.9. The number of ether oxygens (including phenoxy) is 1. The zero-order chi connectivity index (χ0) is 23.1. The monoisotopic (exact) mass is 454 g/mol. The summed E-state index contributed by atoms with van der Waals surface area (Å²) in [4.78, 5) is 14.8. The molecule has 8 heteroatoms. The van der Waals surface area contributed by atoms with Crippen LogP contribution >= 0.6 is 0 Å². The van der Waals surface area contributed by atoms with Crippen LogP contribution in [-0.4, -0.2) is 26.3 Å². The maximum Gasteiger partial charge on any atom is 0.256 e. The van der Waals surface area contributed by atoms with Gasteiger partial charge in [-0.1, -0.05) is 38.1 Å². The van der Waals surface area contributed by atoms with E-state index in [4.69, 9.17) is 4.74 Å². The quantitative estimate of drug-likeness (QED) is 0.560. The van der Waals surface area contributed by atoms with E-state index in [0.29, 0.717) is 23.6 Å². The van der Waals surface area contributed by atoms with Crippen LogP contribution in [0.15, 0.2) is 53.5 Å². The number of hydrogen-bond acceptors (Lipinski definition) is 4. The van der Waals surface area contributed by atoms with Gasteiger partial charge in [-0.2, -0.15) is 0 Å². The Hall–Kier alpha value is -3.39. The molecule has 2 N–H and O–H groups in total. The van der Waals surface area contributed by atoms with Gasteiger partial charge in [-0.25, -0.2) is 12.8 Å². The van der Waals surface area contributed by atoms with E-state index in [2.05, 4.69) is 23.6 Å². The minimum atomic E-state index is -3.33. The lowest BCUT2D eigenvalue weighted by molar-refractivity contribution is 0.292. The summed E-state index contributed by atoms with van der Waals surface area (Å²) in [5, 5.41) is 0. The van der Waals surface area contributed by atoms with Crippen molar-refractivity contribution >= 4 is 27.9 Å². The van der Waals surface area contributed by atoms with E-state index in [-0.39, 0.29) is 11.0 Å². The Morgan fingerprint density at radius 3 is 2.44 bits per heavy atom. The Labute approximate surface area is 185 Å². The average Bonchev–Trinajstić information content (AvgIpc) is 3.02. The summed E-state index contributed by atoms with van der Waals surface area (Å²) in [5.41, 5.74) is 3.24. The molecule has 3 aromatic rings. The minimum absolute atomic E-state index is 0.213. The smallest absolute Gasteiger partial charge is 0.256 e. The summed E-state index contributed by atoms with van der Waals surface area (Å²) in [6.07, 6.45) is 5.91. The van der Waals surface area contributed by atoms with Crippen LogP contribution in [0.25, 0.3) is 23.3 Å². The molecule has 0 unspecified atom stereocenters. The van der Waals surface area contributed by atoms with E-state index in [0.717, 1.165) is 29.1 Å². The van der Waals surface area contributed by atoms with Crippen molar-refractivity contribution in [3.8, 4) is 16.9 Å². The zero-order valence-electron chi connectivity index (χ0n) is 17.9. The highest BCUT2D eigenvalue weighted by molar-refractivity contribution is 7.92. The van der Waals surface area contributed by atoms with Crippen LogP contribution in [0.1, 0.15) is 30.5 Å². The molecular formula is C24H23FN2O4S. The van der Waals surface area contributed by atoms with Crippen molar-refractivity contribution < 1.29 is 17.5 Å². The fourth-order valence-corrected chi connectivity index (χ4v) is 4.23. The summed E-state index contributed by atoms with van der Waals surface area (Å²) >= 11 is 0. The van der Waals surface area contributed by atoms with E-state index in [1.54, 1.807) is 30.3 Å². The van der Waals surface area contributed by atoms with E-state index < -0.39 is 21.4 Å². The molecule has 0 bridgehead atoms. The van der Waals surface area contributed by atoms with E-state index in [1.165, 1.54) is 6.07 Å². The van der Waals surface area contributed by atoms with Crippen LogP contribution in [0.3, 0.4) is 0 Å². The molecule has 4 rings (SSSR count). The highest BCUT2D eigenvalue weighted by atomic mass is 32.2. The molecule has 0 spiro atoms. The highest BCUT2D eigenvalue weighted by Gasteiger charge is 2.34. The second-order valence-corrected chi connectivity index (χ2v) is 10.3. The molecule has 2 aromatic carbocycles. The summed E-state index contributed by atoms with van der Waals surface area (Å²) in [5.74, 6) is 0.0637. The Kier molecular flexibility index (Phi) is 5.42. The van der Waals surface area contributed by atoms with E-state index in [1.807, 2.05) is 18.2 Å². The number of fused-ring (bicyclic) bond motifs is 1. The molecule has 32 heavy (non-hydrogen) atoms. The number of halogens is 1. The topological polar surface area (TPSA) is 88.3 Å². The summed E-state index contributed by atoms with van der Waals surface area (Å²) in [6, 6.07) is 12.0.